The number of aromatic nitrogens is 1. The fourth-order valence-corrected chi connectivity index (χ4v) is 3.57. The summed E-state index contributed by atoms with van der Waals surface area (Å²) in [5.41, 5.74) is 1.08. The Kier molecular flexibility index (Phi) is 6.88. The molecule has 2 aromatic rings. The zero-order chi connectivity index (χ0) is 20.1. The van der Waals surface area contributed by atoms with Crippen LogP contribution >= 0.6 is 23.2 Å². The number of nitrogens with zero attached hydrogens (tertiary/aromatic N) is 3. The molecule has 1 aliphatic rings. The van der Waals surface area contributed by atoms with Crippen LogP contribution in [0.5, 0.6) is 0 Å². The number of nitrogens with one attached hydrogen (secondary N) is 1. The lowest BCUT2D eigenvalue weighted by atomic mass is 10.2. The van der Waals surface area contributed by atoms with Crippen LogP contribution < -0.4 is 5.32 Å². The smallest absolute Gasteiger partial charge is 0.253 e. The summed E-state index contributed by atoms with van der Waals surface area (Å²) in [4.78, 5) is 33.2. The van der Waals surface area contributed by atoms with Gasteiger partial charge in [-0.25, -0.2) is 4.98 Å². The minimum absolute atomic E-state index is 0.0383. The lowest BCUT2D eigenvalue weighted by Gasteiger charge is -2.27. The van der Waals surface area contributed by atoms with Gasteiger partial charge in [-0.2, -0.15) is 0 Å². The topological polar surface area (TPSA) is 65.5 Å². The molecule has 0 spiro atoms. The number of carbonyl (C=O) groups is 2. The molecule has 0 radical (unpaired) electrons. The average molecular weight is 421 g/mol. The maximum atomic E-state index is 12.7. The Balaban J connectivity index is 1.60. The number of anilines is 1. The number of amides is 2. The molecule has 0 bridgehead atoms. The van der Waals surface area contributed by atoms with E-state index in [1.807, 2.05) is 11.8 Å². The Morgan fingerprint density at radius 3 is 2.68 bits per heavy atom. The van der Waals surface area contributed by atoms with Crippen LogP contribution in [0.2, 0.25) is 10.2 Å². The van der Waals surface area contributed by atoms with Crippen LogP contribution in [0.4, 0.5) is 5.69 Å². The molecule has 1 aromatic heterocycles. The highest BCUT2D eigenvalue weighted by atomic mass is 35.5. The molecule has 8 heteroatoms. The van der Waals surface area contributed by atoms with Gasteiger partial charge >= 0.3 is 0 Å². The average Bonchev–Trinajstić information content (AvgIpc) is 2.94. The first-order valence-electron chi connectivity index (χ1n) is 9.16. The van der Waals surface area contributed by atoms with Gasteiger partial charge in [-0.05, 0) is 43.7 Å². The number of rotatable bonds is 4. The minimum atomic E-state index is -0.350. The van der Waals surface area contributed by atoms with E-state index in [0.717, 1.165) is 13.0 Å². The molecule has 1 N–H and O–H groups in total. The van der Waals surface area contributed by atoms with Gasteiger partial charge in [-0.15, -0.1) is 0 Å². The fourth-order valence-electron chi connectivity index (χ4n) is 3.21. The molecule has 148 valence electrons. The zero-order valence-corrected chi connectivity index (χ0v) is 17.1. The summed E-state index contributed by atoms with van der Waals surface area (Å²) in [6, 6.07) is 10.1. The van der Waals surface area contributed by atoms with Crippen LogP contribution in [0.25, 0.3) is 0 Å². The summed E-state index contributed by atoms with van der Waals surface area (Å²) in [5, 5.41) is 3.63. The van der Waals surface area contributed by atoms with E-state index in [1.165, 1.54) is 0 Å². The summed E-state index contributed by atoms with van der Waals surface area (Å²) < 4.78 is 0. The first kappa shape index (κ1) is 20.6. The maximum Gasteiger partial charge on any atom is 0.253 e. The molecular formula is C20H22Cl2N4O2. The second-order valence-electron chi connectivity index (χ2n) is 6.70. The number of carbonyl (C=O) groups excluding carboxylic acids is 2. The van der Waals surface area contributed by atoms with E-state index in [1.54, 1.807) is 42.6 Å². The first-order chi connectivity index (χ1) is 13.5. The molecule has 1 aromatic carbocycles. The van der Waals surface area contributed by atoms with Crippen molar-refractivity contribution in [2.45, 2.75) is 19.4 Å². The quantitative estimate of drug-likeness (QED) is 0.767. The molecule has 0 aliphatic carbocycles. The van der Waals surface area contributed by atoms with Gasteiger partial charge in [0, 0.05) is 43.0 Å². The second kappa shape index (κ2) is 9.37. The van der Waals surface area contributed by atoms with Gasteiger partial charge in [0.05, 0.1) is 11.7 Å². The highest BCUT2D eigenvalue weighted by Crippen LogP contribution is 2.19. The van der Waals surface area contributed by atoms with Crippen LogP contribution in [0, 0.1) is 0 Å². The van der Waals surface area contributed by atoms with Gasteiger partial charge < -0.3 is 10.2 Å². The van der Waals surface area contributed by atoms with Gasteiger partial charge in [0.1, 0.15) is 0 Å². The van der Waals surface area contributed by atoms with E-state index < -0.39 is 0 Å². The van der Waals surface area contributed by atoms with Crippen molar-refractivity contribution in [1.82, 2.24) is 14.8 Å². The third kappa shape index (κ3) is 5.01. The van der Waals surface area contributed by atoms with Crippen LogP contribution in [0.1, 0.15) is 23.7 Å². The van der Waals surface area contributed by atoms with Gasteiger partial charge in [-0.3, -0.25) is 14.5 Å². The minimum Gasteiger partial charge on any atom is -0.337 e. The Hall–Kier alpha value is -2.15. The molecule has 3 rings (SSSR count). The summed E-state index contributed by atoms with van der Waals surface area (Å²) in [6.45, 7) is 4.39. The van der Waals surface area contributed by atoms with Crippen molar-refractivity contribution in [3.8, 4) is 0 Å². The molecule has 6 nitrogen and oxygen atoms in total. The Bertz CT molecular complexity index is 862. The number of benzene rings is 1. The molecule has 1 fully saturated rings. The number of hydrogen-bond donors (Lipinski definition) is 1. The lowest BCUT2D eigenvalue weighted by molar-refractivity contribution is -0.120. The summed E-state index contributed by atoms with van der Waals surface area (Å²) in [6.07, 6.45) is 2.36. The molecule has 0 saturated carbocycles. The Morgan fingerprint density at radius 2 is 1.93 bits per heavy atom. The first-order valence-corrected chi connectivity index (χ1v) is 9.91. The molecular weight excluding hydrogens is 399 g/mol. The SMILES string of the molecule is CC(C(=O)Nc1cccnc1Cl)N1CCCN(C(=O)c2cccc(Cl)c2)CC1. The third-order valence-corrected chi connectivity index (χ3v) is 5.37. The van der Waals surface area contributed by atoms with Crippen LogP contribution in [-0.4, -0.2) is 58.8 Å². The normalized spacial score (nSPS) is 16.3. The van der Waals surface area contributed by atoms with Crippen LogP contribution in [0.15, 0.2) is 42.6 Å². The molecule has 1 saturated heterocycles. The fraction of sp³-hybridized carbons (Fsp3) is 0.350. The number of pyridine rings is 1. The van der Waals surface area contributed by atoms with Crippen LogP contribution in [-0.2, 0) is 4.79 Å². The van der Waals surface area contributed by atoms with E-state index in [-0.39, 0.29) is 23.0 Å². The van der Waals surface area contributed by atoms with Crippen molar-refractivity contribution < 1.29 is 9.59 Å². The summed E-state index contributed by atoms with van der Waals surface area (Å²) in [7, 11) is 0. The number of hydrogen-bond acceptors (Lipinski definition) is 4. The highest BCUT2D eigenvalue weighted by Gasteiger charge is 2.26. The largest absolute Gasteiger partial charge is 0.337 e. The van der Waals surface area contributed by atoms with Gasteiger partial charge in [0.15, 0.2) is 5.15 Å². The van der Waals surface area contributed by atoms with Gasteiger partial charge in [0.2, 0.25) is 5.91 Å². The summed E-state index contributed by atoms with van der Waals surface area (Å²) in [5.74, 6) is -0.187. The van der Waals surface area contributed by atoms with Crippen molar-refractivity contribution in [3.63, 3.8) is 0 Å². The Morgan fingerprint density at radius 1 is 1.11 bits per heavy atom. The standard InChI is InChI=1S/C20H22Cl2N4O2/c1-14(19(27)24-17-7-3-8-23-18(17)22)25-9-4-10-26(12-11-25)20(28)15-5-2-6-16(21)13-15/h2-3,5-8,13-14H,4,9-12H2,1H3,(H,24,27). The van der Waals surface area contributed by atoms with Crippen molar-refractivity contribution in [3.05, 3.63) is 58.3 Å². The maximum absolute atomic E-state index is 12.7. The molecule has 2 heterocycles. The van der Waals surface area contributed by atoms with E-state index in [0.29, 0.717) is 35.9 Å². The third-order valence-electron chi connectivity index (χ3n) is 4.83. The van der Waals surface area contributed by atoms with Gasteiger partial charge in [-0.1, -0.05) is 29.3 Å². The van der Waals surface area contributed by atoms with Gasteiger partial charge in [0.25, 0.3) is 5.91 Å². The molecule has 1 aliphatic heterocycles. The molecule has 2 amide bonds. The van der Waals surface area contributed by atoms with E-state index in [9.17, 15) is 9.59 Å². The van der Waals surface area contributed by atoms with Crippen molar-refractivity contribution in [2.24, 2.45) is 0 Å². The van der Waals surface area contributed by atoms with Crippen molar-refractivity contribution >= 4 is 40.7 Å². The van der Waals surface area contributed by atoms with E-state index in [2.05, 4.69) is 15.2 Å². The van der Waals surface area contributed by atoms with E-state index in [4.69, 9.17) is 23.2 Å². The summed E-state index contributed by atoms with van der Waals surface area (Å²) >= 11 is 12.0. The molecule has 28 heavy (non-hydrogen) atoms. The van der Waals surface area contributed by atoms with Crippen molar-refractivity contribution in [2.75, 3.05) is 31.5 Å². The highest BCUT2D eigenvalue weighted by molar-refractivity contribution is 6.32. The zero-order valence-electron chi connectivity index (χ0n) is 15.6. The van der Waals surface area contributed by atoms with Crippen molar-refractivity contribution in [1.29, 1.82) is 0 Å². The van der Waals surface area contributed by atoms with E-state index >= 15 is 0 Å². The number of halogens is 2. The monoisotopic (exact) mass is 420 g/mol. The predicted molar refractivity (Wildman–Crippen MR) is 111 cm³/mol. The lowest BCUT2D eigenvalue weighted by Crippen LogP contribution is -2.44. The second-order valence-corrected chi connectivity index (χ2v) is 7.49. The predicted octanol–water partition coefficient (Wildman–Crippen LogP) is 3.56. The Labute approximate surface area is 174 Å². The molecule has 1 atom stereocenters. The molecule has 1 unspecified atom stereocenters. The van der Waals surface area contributed by atoms with Crippen LogP contribution in [0.3, 0.4) is 0 Å².